The summed E-state index contributed by atoms with van der Waals surface area (Å²) in [5.41, 5.74) is 0.0982. The summed E-state index contributed by atoms with van der Waals surface area (Å²) in [4.78, 5) is 115. The topological polar surface area (TPSA) is 510 Å². The first-order chi connectivity index (χ1) is 33.9. The first kappa shape index (κ1) is 56.3. The third-order valence-electron chi connectivity index (χ3n) is 11.2. The molecule has 0 unspecified atom stereocenters. The molecule has 9 rings (SSSR count). The minimum absolute atomic E-state index is 0.0130. The number of hydrogen-bond acceptors (Lipinski definition) is 23. The number of aryl methyl sites for hydroxylation is 3. The third kappa shape index (κ3) is 12.6. The van der Waals surface area contributed by atoms with E-state index in [2.05, 4.69) is 48.5 Å². The molecule has 73 heavy (non-hydrogen) atoms. The highest BCUT2D eigenvalue weighted by atomic mass is 35.5. The molecule has 3 fully saturated rings. The monoisotopic (exact) mass is 1120 g/mol. The molecule has 12 atom stereocenters. The van der Waals surface area contributed by atoms with E-state index in [9.17, 15) is 58.7 Å². The zero-order valence-electron chi connectivity index (χ0n) is 37.6. The zero-order valence-corrected chi connectivity index (χ0v) is 41.0. The molecular weight excluding hydrogens is 1070 g/mol. The van der Waals surface area contributed by atoms with Gasteiger partial charge in [0, 0.05) is 6.20 Å². The number of amides is 1. The Hall–Kier alpha value is -4.42. The van der Waals surface area contributed by atoms with Gasteiger partial charge in [-0.25, -0.2) is 38.6 Å². The van der Waals surface area contributed by atoms with Crippen LogP contribution in [0.15, 0.2) is 28.2 Å². The number of H-pyrrole nitrogens is 2. The van der Waals surface area contributed by atoms with Gasteiger partial charge in [0.15, 0.2) is 29.5 Å². The summed E-state index contributed by atoms with van der Waals surface area (Å²) in [5, 5.41) is 60.9. The first-order valence-corrected chi connectivity index (χ1v) is 25.9. The summed E-state index contributed by atoms with van der Waals surface area (Å²) < 4.78 is 64.2. The fourth-order valence-corrected chi connectivity index (χ4v) is 9.16. The molecule has 4 aliphatic heterocycles. The molecule has 402 valence electrons. The SMILES string of the molecule is Cc1nc(Cl)c2ncn([C@@H]3O[C@H](COP(=O)(O)O)[C@@H](O)[C@H]3O)c2n1.Cc1nc2c(c(=O)[nH]1)CC(=O)N2[C@@H]1O[C@H](COP(=O)(O)O)[C@@H](O)[C@H]1O.Cc1nc2c(ccn2[C@@H]2O[C@H](COP(=O)(O)O)[C@@H](O)[C@H]2O)c(=O)[nH]1. The molecule has 0 aliphatic carbocycles. The Morgan fingerprint density at radius 1 is 0.644 bits per heavy atom. The number of carbonyl (C=O) groups excluding carboxylic acids is 1. The number of aromatic nitrogens is 9. The lowest BCUT2D eigenvalue weighted by molar-refractivity contribution is -0.121. The molecular formula is C35H46ClN10O24P3. The normalized spacial score (nSPS) is 28.4. The van der Waals surface area contributed by atoms with Crippen LogP contribution in [-0.4, -0.2) is 191 Å². The molecule has 14 N–H and O–H groups in total. The lowest BCUT2D eigenvalue weighted by Crippen LogP contribution is -2.46. The van der Waals surface area contributed by atoms with E-state index in [0.29, 0.717) is 22.8 Å². The van der Waals surface area contributed by atoms with Crippen molar-refractivity contribution < 1.29 is 106 Å². The summed E-state index contributed by atoms with van der Waals surface area (Å²) >= 11 is 5.99. The van der Waals surface area contributed by atoms with Crippen LogP contribution in [0.3, 0.4) is 0 Å². The van der Waals surface area contributed by atoms with Crippen molar-refractivity contribution in [2.75, 3.05) is 24.7 Å². The zero-order chi connectivity index (χ0) is 53.8. The van der Waals surface area contributed by atoms with Gasteiger partial charge in [0.2, 0.25) is 5.91 Å². The molecule has 38 heteroatoms. The maximum atomic E-state index is 12.3. The van der Waals surface area contributed by atoms with Crippen LogP contribution < -0.4 is 16.0 Å². The Morgan fingerprint density at radius 3 is 1.63 bits per heavy atom. The summed E-state index contributed by atoms with van der Waals surface area (Å²) in [6.07, 6.45) is -13.4. The Morgan fingerprint density at radius 2 is 1.11 bits per heavy atom. The summed E-state index contributed by atoms with van der Waals surface area (Å²) in [6, 6.07) is 1.49. The molecule has 3 saturated heterocycles. The Balaban J connectivity index is 0.000000160. The van der Waals surface area contributed by atoms with Crippen molar-refractivity contribution in [1.82, 2.24) is 44.0 Å². The second-order valence-electron chi connectivity index (χ2n) is 16.4. The van der Waals surface area contributed by atoms with Crippen molar-refractivity contribution in [3.63, 3.8) is 0 Å². The third-order valence-corrected chi connectivity index (χ3v) is 12.9. The lowest BCUT2D eigenvalue weighted by Gasteiger charge is -2.26. The number of aromatic amines is 2. The van der Waals surface area contributed by atoms with E-state index in [1.54, 1.807) is 13.8 Å². The van der Waals surface area contributed by atoms with E-state index in [4.69, 9.17) is 55.2 Å². The van der Waals surface area contributed by atoms with Gasteiger partial charge in [-0.3, -0.25) is 37.4 Å². The van der Waals surface area contributed by atoms with E-state index in [0.717, 1.165) is 4.90 Å². The fourth-order valence-electron chi connectivity index (χ4n) is 7.88. The van der Waals surface area contributed by atoms with Crippen LogP contribution in [0.1, 0.15) is 35.5 Å². The number of halogens is 1. The number of anilines is 1. The molecule has 9 heterocycles. The number of phosphoric acid groups is 3. The van der Waals surface area contributed by atoms with E-state index in [1.165, 1.54) is 34.6 Å². The van der Waals surface area contributed by atoms with Crippen molar-refractivity contribution in [2.24, 2.45) is 0 Å². The average Bonchev–Trinajstić information content (AvgIpc) is 4.12. The van der Waals surface area contributed by atoms with Gasteiger partial charge in [-0.2, -0.15) is 0 Å². The molecule has 0 spiro atoms. The average molecular weight is 1120 g/mol. The molecule has 0 radical (unpaired) electrons. The number of aliphatic hydroxyl groups excluding tert-OH is 6. The van der Waals surface area contributed by atoms with E-state index < -0.39 is 128 Å². The van der Waals surface area contributed by atoms with Gasteiger partial charge in [0.25, 0.3) is 11.1 Å². The number of phosphoric ester groups is 3. The number of nitrogens with zero attached hydrogens (tertiary/aromatic N) is 8. The maximum Gasteiger partial charge on any atom is 0.469 e. The largest absolute Gasteiger partial charge is 0.469 e. The highest BCUT2D eigenvalue weighted by Crippen LogP contribution is 2.41. The molecule has 1 amide bonds. The van der Waals surface area contributed by atoms with Gasteiger partial charge >= 0.3 is 23.5 Å². The molecule has 34 nitrogen and oxygen atoms in total. The highest BCUT2D eigenvalue weighted by molar-refractivity contribution is 7.46. The first-order valence-electron chi connectivity index (χ1n) is 20.9. The number of nitrogens with one attached hydrogen (secondary N) is 2. The minimum Gasteiger partial charge on any atom is -0.387 e. The van der Waals surface area contributed by atoms with Crippen LogP contribution in [0.25, 0.3) is 22.2 Å². The Kier molecular flexibility index (Phi) is 16.7. The van der Waals surface area contributed by atoms with Crippen LogP contribution in [-0.2, 0) is 52.7 Å². The minimum atomic E-state index is -4.80. The molecule has 5 aromatic heterocycles. The smallest absolute Gasteiger partial charge is 0.387 e. The molecule has 0 bridgehead atoms. The standard InChI is InChI=1S/C12H16N3O9P.C12H16N3O8P.C11H14ClN4O7P/c1-4-13-10-5(11(19)14-4)2-7(16)15(10)12-9(18)8(17)6(24-12)3-23-25(20,21)22;1-5-13-10-6(11(18)14-5)2-3-15(10)12-9(17)8(16)7(23-12)4-22-24(19,20)21;1-4-14-9(12)6-10(15-4)16(3-13-6)11-8(18)7(17)5(23-11)2-22-24(19,20)21/h6,8-9,12,17-18H,2-3H2,1H3,(H,13,14,19)(H2,20,21,22);2-3,7-9,12,16-17H,4H2,1H3,(H,13,14,18)(H2,19,20,21);3,5,7-8,11,17-18H,2H2,1H3,(H2,19,20,21)/t6-,8-,9-,12-;7-,8-,9-,12-;5-,7-,8-,11-/m111/s1. The molecule has 5 aromatic rings. The van der Waals surface area contributed by atoms with Crippen molar-refractivity contribution in [2.45, 2.75) is 101 Å². The van der Waals surface area contributed by atoms with Crippen LogP contribution >= 0.6 is 35.1 Å². The summed E-state index contributed by atoms with van der Waals surface area (Å²) in [7, 11) is -14.3. The van der Waals surface area contributed by atoms with Crippen molar-refractivity contribution in [3.8, 4) is 0 Å². The molecule has 0 aromatic carbocycles. The number of imidazole rings is 1. The van der Waals surface area contributed by atoms with Gasteiger partial charge in [-0.15, -0.1) is 0 Å². The van der Waals surface area contributed by atoms with Gasteiger partial charge in [-0.1, -0.05) is 11.6 Å². The van der Waals surface area contributed by atoms with E-state index in [1.807, 2.05) is 0 Å². The Labute approximate surface area is 411 Å². The Bertz CT molecular complexity index is 3120. The van der Waals surface area contributed by atoms with Crippen molar-refractivity contribution in [1.29, 1.82) is 0 Å². The van der Waals surface area contributed by atoms with Crippen LogP contribution in [0.2, 0.25) is 5.15 Å². The summed E-state index contributed by atoms with van der Waals surface area (Å²) in [6.45, 7) is 2.83. The quantitative estimate of drug-likeness (QED) is 0.0416. The van der Waals surface area contributed by atoms with Crippen LogP contribution in [0.4, 0.5) is 5.82 Å². The number of ether oxygens (including phenoxy) is 3. The fraction of sp³-hybridized carbons (Fsp3) is 0.543. The second kappa shape index (κ2) is 21.7. The van der Waals surface area contributed by atoms with Crippen molar-refractivity contribution >= 4 is 69.0 Å². The highest BCUT2D eigenvalue weighted by Gasteiger charge is 2.51. The predicted octanol–water partition coefficient (Wildman–Crippen LogP) is -4.20. The number of carbonyl (C=O) groups is 1. The predicted molar refractivity (Wildman–Crippen MR) is 237 cm³/mol. The van der Waals surface area contributed by atoms with E-state index >= 15 is 0 Å². The van der Waals surface area contributed by atoms with Gasteiger partial charge in [-0.05, 0) is 26.8 Å². The van der Waals surface area contributed by atoms with Crippen LogP contribution in [0, 0.1) is 20.8 Å². The lowest BCUT2D eigenvalue weighted by atomic mass is 10.1. The van der Waals surface area contributed by atoms with Gasteiger partial charge < -0.3 is 88.7 Å². The number of aliphatic hydroxyl groups is 6. The summed E-state index contributed by atoms with van der Waals surface area (Å²) in [5.74, 6) is 0.439. The number of fused-ring (bicyclic) bond motifs is 3. The van der Waals surface area contributed by atoms with Gasteiger partial charge in [0.1, 0.15) is 89.4 Å². The van der Waals surface area contributed by atoms with Crippen molar-refractivity contribution in [3.05, 3.63) is 67.5 Å². The number of hydrogen-bond donors (Lipinski definition) is 14. The van der Waals surface area contributed by atoms with Crippen LogP contribution in [0.5, 0.6) is 0 Å². The van der Waals surface area contributed by atoms with E-state index in [-0.39, 0.29) is 45.4 Å². The maximum absolute atomic E-state index is 12.3. The second-order valence-corrected chi connectivity index (χ2v) is 20.5. The number of rotatable bonds is 12. The molecule has 0 saturated carbocycles. The molecule has 4 aliphatic rings. The van der Waals surface area contributed by atoms with Gasteiger partial charge in [0.05, 0.1) is 43.5 Å².